The van der Waals surface area contributed by atoms with Gasteiger partial charge in [0.2, 0.25) is 0 Å². The van der Waals surface area contributed by atoms with Gasteiger partial charge in [-0.1, -0.05) is 53.0 Å². The molecule has 1 amide bonds. The molecule has 0 aliphatic carbocycles. The van der Waals surface area contributed by atoms with Crippen molar-refractivity contribution in [3.8, 4) is 5.75 Å². The van der Waals surface area contributed by atoms with Gasteiger partial charge in [0.1, 0.15) is 10.9 Å². The number of para-hydroxylation sites is 1. The number of fused-ring (bicyclic) bond motifs is 1. The third-order valence-corrected chi connectivity index (χ3v) is 4.04. The molecule has 0 spiro atoms. The maximum atomic E-state index is 11.8. The first-order chi connectivity index (χ1) is 12.5. The van der Waals surface area contributed by atoms with Crippen LogP contribution in [0.3, 0.4) is 0 Å². The van der Waals surface area contributed by atoms with Crippen molar-refractivity contribution in [1.82, 2.24) is 10.4 Å². The van der Waals surface area contributed by atoms with Crippen molar-refractivity contribution in [3.05, 3.63) is 69.3 Å². The van der Waals surface area contributed by atoms with Crippen LogP contribution in [-0.4, -0.2) is 23.7 Å². The third kappa shape index (κ3) is 4.85. The van der Waals surface area contributed by atoms with E-state index in [-0.39, 0.29) is 6.61 Å². The number of hydrogen-bond donors (Lipinski definition) is 1. The molecule has 3 rings (SSSR count). The van der Waals surface area contributed by atoms with E-state index in [0.29, 0.717) is 26.5 Å². The zero-order chi connectivity index (χ0) is 18.5. The van der Waals surface area contributed by atoms with Gasteiger partial charge in [-0.2, -0.15) is 5.10 Å². The molecule has 1 aromatic heterocycles. The highest BCUT2D eigenvalue weighted by atomic mass is 35.5. The summed E-state index contributed by atoms with van der Waals surface area (Å²) < 4.78 is 5.32. The van der Waals surface area contributed by atoms with E-state index in [2.05, 4.69) is 15.5 Å². The number of nitrogens with one attached hydrogen (secondary N) is 1. The third-order valence-electron chi connectivity index (χ3n) is 3.30. The highest BCUT2D eigenvalue weighted by molar-refractivity contribution is 6.34. The van der Waals surface area contributed by atoms with Crippen molar-refractivity contribution in [2.24, 2.45) is 5.10 Å². The lowest BCUT2D eigenvalue weighted by atomic mass is 10.2. The van der Waals surface area contributed by atoms with Crippen LogP contribution in [0.15, 0.2) is 53.6 Å². The van der Waals surface area contributed by atoms with Crippen LogP contribution in [0.25, 0.3) is 10.9 Å². The lowest BCUT2D eigenvalue weighted by Gasteiger charge is -2.06. The van der Waals surface area contributed by atoms with Gasteiger partial charge in [0.15, 0.2) is 6.61 Å². The lowest BCUT2D eigenvalue weighted by Crippen LogP contribution is -2.24. The number of aromatic nitrogens is 1. The van der Waals surface area contributed by atoms with Crippen LogP contribution in [0.5, 0.6) is 5.75 Å². The number of nitrogens with zero attached hydrogens (tertiary/aromatic N) is 2. The fourth-order valence-corrected chi connectivity index (χ4v) is 2.87. The molecule has 0 radical (unpaired) electrons. The van der Waals surface area contributed by atoms with Crippen LogP contribution in [0.4, 0.5) is 0 Å². The van der Waals surface area contributed by atoms with E-state index in [9.17, 15) is 4.79 Å². The summed E-state index contributed by atoms with van der Waals surface area (Å²) in [6.07, 6.45) is 1.43. The van der Waals surface area contributed by atoms with Gasteiger partial charge in [0, 0.05) is 21.0 Å². The SMILES string of the molecule is O=C(COc1cc(Cl)cc(Cl)c1)N/N=C/c1cc2ccccc2nc1Cl. The van der Waals surface area contributed by atoms with Crippen LogP contribution in [0.1, 0.15) is 5.56 Å². The van der Waals surface area contributed by atoms with E-state index < -0.39 is 5.91 Å². The molecular weight excluding hydrogens is 397 g/mol. The number of ether oxygens (including phenoxy) is 1. The zero-order valence-corrected chi connectivity index (χ0v) is 15.5. The number of rotatable bonds is 5. The molecule has 8 heteroatoms. The molecule has 0 aliphatic rings. The Hall–Kier alpha value is -2.34. The minimum absolute atomic E-state index is 0.238. The van der Waals surface area contributed by atoms with Gasteiger partial charge in [0.05, 0.1) is 11.7 Å². The predicted octanol–water partition coefficient (Wildman–Crippen LogP) is 4.72. The molecule has 3 aromatic rings. The van der Waals surface area contributed by atoms with Gasteiger partial charge in [-0.15, -0.1) is 0 Å². The molecule has 1 N–H and O–H groups in total. The molecule has 1 heterocycles. The number of amides is 1. The molecule has 0 unspecified atom stereocenters. The molecule has 2 aromatic carbocycles. The highest BCUT2D eigenvalue weighted by Crippen LogP contribution is 2.24. The molecule has 0 saturated heterocycles. The Bertz CT molecular complexity index is 972. The number of halogens is 3. The Kier molecular flexibility index (Phi) is 5.93. The second-order valence-electron chi connectivity index (χ2n) is 5.25. The van der Waals surface area contributed by atoms with E-state index in [1.54, 1.807) is 18.2 Å². The standard InChI is InChI=1S/C18H12Cl3N3O2/c19-13-6-14(20)8-15(7-13)26-10-17(25)24-22-9-12-5-11-3-1-2-4-16(11)23-18(12)21/h1-9H,10H2,(H,24,25)/b22-9+. The molecule has 5 nitrogen and oxygen atoms in total. The maximum absolute atomic E-state index is 11.8. The van der Waals surface area contributed by atoms with Crippen LogP contribution in [0.2, 0.25) is 15.2 Å². The minimum atomic E-state index is -0.442. The summed E-state index contributed by atoms with van der Waals surface area (Å²) in [6, 6.07) is 14.1. The number of hydrogen-bond acceptors (Lipinski definition) is 4. The van der Waals surface area contributed by atoms with Gasteiger partial charge in [-0.05, 0) is 30.3 Å². The van der Waals surface area contributed by atoms with Crippen LogP contribution in [-0.2, 0) is 4.79 Å². The van der Waals surface area contributed by atoms with Gasteiger partial charge in [-0.25, -0.2) is 10.4 Å². The summed E-state index contributed by atoms with van der Waals surface area (Å²) in [5, 5.41) is 5.94. The van der Waals surface area contributed by atoms with Gasteiger partial charge in [-0.3, -0.25) is 4.79 Å². The number of carbonyl (C=O) groups is 1. The average molecular weight is 409 g/mol. The van der Waals surface area contributed by atoms with E-state index in [0.717, 1.165) is 10.9 Å². The highest BCUT2D eigenvalue weighted by Gasteiger charge is 2.05. The zero-order valence-electron chi connectivity index (χ0n) is 13.2. The second kappa shape index (κ2) is 8.36. The topological polar surface area (TPSA) is 63.6 Å². The lowest BCUT2D eigenvalue weighted by molar-refractivity contribution is -0.123. The normalized spacial score (nSPS) is 11.0. The number of pyridine rings is 1. The Morgan fingerprint density at radius 2 is 1.85 bits per heavy atom. The van der Waals surface area contributed by atoms with E-state index in [1.807, 2.05) is 30.3 Å². The summed E-state index contributed by atoms with van der Waals surface area (Å²) >= 11 is 17.9. The Balaban J connectivity index is 1.59. The van der Waals surface area contributed by atoms with Gasteiger partial charge < -0.3 is 4.74 Å². The van der Waals surface area contributed by atoms with Crippen LogP contribution >= 0.6 is 34.8 Å². The first-order valence-corrected chi connectivity index (χ1v) is 8.61. The number of hydrazone groups is 1. The molecule has 0 aliphatic heterocycles. The average Bonchev–Trinajstić information content (AvgIpc) is 2.59. The smallest absolute Gasteiger partial charge is 0.277 e. The van der Waals surface area contributed by atoms with Crippen molar-refractivity contribution in [1.29, 1.82) is 0 Å². The summed E-state index contributed by atoms with van der Waals surface area (Å²) in [5.74, 6) is -0.0504. The molecule has 26 heavy (non-hydrogen) atoms. The largest absolute Gasteiger partial charge is 0.484 e. The Morgan fingerprint density at radius 3 is 2.62 bits per heavy atom. The first-order valence-electron chi connectivity index (χ1n) is 7.47. The molecule has 0 fully saturated rings. The minimum Gasteiger partial charge on any atom is -0.484 e. The van der Waals surface area contributed by atoms with Crippen molar-refractivity contribution in [2.45, 2.75) is 0 Å². The molecule has 0 bridgehead atoms. The van der Waals surface area contributed by atoms with Crippen LogP contribution < -0.4 is 10.2 Å². The van der Waals surface area contributed by atoms with Crippen molar-refractivity contribution >= 4 is 57.8 Å². The van der Waals surface area contributed by atoms with Crippen molar-refractivity contribution < 1.29 is 9.53 Å². The van der Waals surface area contributed by atoms with E-state index >= 15 is 0 Å². The fourth-order valence-electron chi connectivity index (χ4n) is 2.17. The summed E-state index contributed by atoms with van der Waals surface area (Å²) in [4.78, 5) is 16.1. The summed E-state index contributed by atoms with van der Waals surface area (Å²) in [7, 11) is 0. The number of benzene rings is 2. The fraction of sp³-hybridized carbons (Fsp3) is 0.0556. The van der Waals surface area contributed by atoms with Gasteiger partial charge in [0.25, 0.3) is 5.91 Å². The Morgan fingerprint density at radius 1 is 1.12 bits per heavy atom. The van der Waals surface area contributed by atoms with Crippen molar-refractivity contribution in [3.63, 3.8) is 0 Å². The van der Waals surface area contributed by atoms with E-state index in [4.69, 9.17) is 39.5 Å². The monoisotopic (exact) mass is 407 g/mol. The quantitative estimate of drug-likeness (QED) is 0.377. The van der Waals surface area contributed by atoms with Crippen molar-refractivity contribution in [2.75, 3.05) is 6.61 Å². The summed E-state index contributed by atoms with van der Waals surface area (Å²) in [5.41, 5.74) is 3.73. The van der Waals surface area contributed by atoms with E-state index in [1.165, 1.54) is 6.21 Å². The van der Waals surface area contributed by atoms with Gasteiger partial charge >= 0.3 is 0 Å². The molecule has 0 saturated carbocycles. The predicted molar refractivity (Wildman–Crippen MR) is 104 cm³/mol. The maximum Gasteiger partial charge on any atom is 0.277 e. The second-order valence-corrected chi connectivity index (χ2v) is 6.48. The number of carbonyl (C=O) groups excluding carboxylic acids is 1. The first kappa shape index (κ1) is 18.5. The molecular formula is C18H12Cl3N3O2. The molecule has 132 valence electrons. The Labute approximate surface area is 164 Å². The summed E-state index contributed by atoms with van der Waals surface area (Å²) in [6.45, 7) is -0.238. The molecule has 0 atom stereocenters. The van der Waals surface area contributed by atoms with Crippen LogP contribution in [0, 0.1) is 0 Å².